The highest BCUT2D eigenvalue weighted by molar-refractivity contribution is 8.01. The Morgan fingerprint density at radius 1 is 1.07 bits per heavy atom. The number of carboxylic acid groups (broad SMARTS) is 1. The lowest BCUT2D eigenvalue weighted by molar-refractivity contribution is -0.159. The minimum atomic E-state index is -1.04. The summed E-state index contributed by atoms with van der Waals surface area (Å²) in [5.74, 6) is -3.92. The number of nitrogens with one attached hydrogen (secondary N) is 1. The van der Waals surface area contributed by atoms with Crippen LogP contribution >= 0.6 is 11.8 Å². The van der Waals surface area contributed by atoms with Gasteiger partial charge in [-0.05, 0) is 39.3 Å². The van der Waals surface area contributed by atoms with Crippen LogP contribution in [0.1, 0.15) is 72.9 Å². The summed E-state index contributed by atoms with van der Waals surface area (Å²) in [6.07, 6.45) is 3.98. The van der Waals surface area contributed by atoms with Gasteiger partial charge < -0.3 is 39.9 Å². The van der Waals surface area contributed by atoms with Crippen molar-refractivity contribution in [3.63, 3.8) is 0 Å². The van der Waals surface area contributed by atoms with Crippen molar-refractivity contribution in [1.82, 2.24) is 15.4 Å². The van der Waals surface area contributed by atoms with Gasteiger partial charge in [-0.15, -0.1) is 11.8 Å². The molecular formula is C32H37N3O10S. The highest BCUT2D eigenvalue weighted by atomic mass is 32.2. The summed E-state index contributed by atoms with van der Waals surface area (Å²) in [4.78, 5) is 50.0. The number of carbonyl (C=O) groups is 4. The fourth-order valence-corrected chi connectivity index (χ4v) is 6.92. The third-order valence-electron chi connectivity index (χ3n) is 7.63. The number of nitrogens with zero attached hydrogens (tertiary/aromatic N) is 2. The zero-order valence-electron chi connectivity index (χ0n) is 25.9. The second-order valence-electron chi connectivity index (χ2n) is 11.4. The first kappa shape index (κ1) is 34.2. The molecule has 0 bridgehead atoms. The number of aromatic hydroxyl groups is 3. The molecule has 0 unspecified atom stereocenters. The minimum absolute atomic E-state index is 0.0123. The number of benzene rings is 2. The van der Waals surface area contributed by atoms with E-state index in [4.69, 9.17) is 14.4 Å². The number of rotatable bonds is 10. The lowest BCUT2D eigenvalue weighted by atomic mass is 9.95. The van der Waals surface area contributed by atoms with Gasteiger partial charge in [0.05, 0.1) is 12.2 Å². The molecule has 1 aromatic heterocycles. The van der Waals surface area contributed by atoms with Crippen LogP contribution in [0.2, 0.25) is 0 Å². The molecule has 2 aliphatic heterocycles. The number of unbranched alkanes of at least 4 members (excludes halogenated alkanes) is 3. The SMILES string of the molecule is CCCCCCOC(=O)c1cc(O)c(O)c(O)c1.Cc1onc(-c2ccccc2)c1C(=O)N[C@@H]1C(=O)N2[C@@H]1SC(C)(C)[C@@H]2C(=O)O. The maximum atomic E-state index is 12.9. The van der Waals surface area contributed by atoms with E-state index in [2.05, 4.69) is 17.4 Å². The van der Waals surface area contributed by atoms with Crippen LogP contribution in [0, 0.1) is 6.92 Å². The molecule has 3 atom stereocenters. The molecule has 5 rings (SSSR count). The summed E-state index contributed by atoms with van der Waals surface area (Å²) >= 11 is 1.38. The van der Waals surface area contributed by atoms with Gasteiger partial charge in [-0.2, -0.15) is 0 Å². The number of aliphatic carboxylic acids is 1. The highest BCUT2D eigenvalue weighted by Crippen LogP contribution is 2.50. The zero-order chi connectivity index (χ0) is 33.8. The van der Waals surface area contributed by atoms with E-state index in [1.54, 1.807) is 20.8 Å². The number of thioether (sulfide) groups is 1. The van der Waals surface area contributed by atoms with E-state index in [0.29, 0.717) is 18.1 Å². The molecule has 2 amide bonds. The van der Waals surface area contributed by atoms with Crippen LogP contribution in [-0.4, -0.2) is 83.0 Å². The first-order chi connectivity index (χ1) is 21.8. The van der Waals surface area contributed by atoms with Crippen molar-refractivity contribution in [2.24, 2.45) is 0 Å². The smallest absolute Gasteiger partial charge is 0.338 e. The van der Waals surface area contributed by atoms with Crippen molar-refractivity contribution in [2.45, 2.75) is 75.6 Å². The molecule has 3 heterocycles. The van der Waals surface area contributed by atoms with Gasteiger partial charge in [0.1, 0.15) is 34.5 Å². The molecule has 2 saturated heterocycles. The monoisotopic (exact) mass is 655 g/mol. The van der Waals surface area contributed by atoms with Crippen molar-refractivity contribution in [1.29, 1.82) is 0 Å². The average Bonchev–Trinajstić information content (AvgIpc) is 3.53. The number of fused-ring (bicyclic) bond motifs is 1. The van der Waals surface area contributed by atoms with Gasteiger partial charge in [-0.25, -0.2) is 9.59 Å². The maximum Gasteiger partial charge on any atom is 0.338 e. The number of aromatic nitrogens is 1. The molecule has 2 fully saturated rings. The highest BCUT2D eigenvalue weighted by Gasteiger charge is 2.64. The van der Waals surface area contributed by atoms with Gasteiger partial charge in [-0.3, -0.25) is 9.59 Å². The Hall–Kier alpha value is -4.72. The molecule has 2 aromatic carbocycles. The quantitative estimate of drug-likeness (QED) is 0.0892. The molecule has 0 aliphatic carbocycles. The number of carbonyl (C=O) groups excluding carboxylic acids is 3. The molecule has 13 nitrogen and oxygen atoms in total. The molecule has 46 heavy (non-hydrogen) atoms. The van der Waals surface area contributed by atoms with Crippen LogP contribution < -0.4 is 5.32 Å². The number of phenolic OH excluding ortho intramolecular Hbond substituents is 3. The Morgan fingerprint density at radius 3 is 2.33 bits per heavy atom. The Labute approximate surface area is 269 Å². The Morgan fingerprint density at radius 2 is 1.72 bits per heavy atom. The topological polar surface area (TPSA) is 200 Å². The lowest BCUT2D eigenvalue weighted by Crippen LogP contribution is -2.70. The molecule has 0 saturated carbocycles. The van der Waals surface area contributed by atoms with Gasteiger partial charge in [0.2, 0.25) is 5.91 Å². The first-order valence-electron chi connectivity index (χ1n) is 14.8. The van der Waals surface area contributed by atoms with Gasteiger partial charge in [0, 0.05) is 10.3 Å². The molecule has 2 aliphatic rings. The predicted octanol–water partition coefficient (Wildman–Crippen LogP) is 4.44. The van der Waals surface area contributed by atoms with E-state index in [1.807, 2.05) is 30.3 Å². The van der Waals surface area contributed by atoms with E-state index < -0.39 is 57.3 Å². The van der Waals surface area contributed by atoms with Gasteiger partial charge in [0.15, 0.2) is 17.2 Å². The van der Waals surface area contributed by atoms with E-state index in [1.165, 1.54) is 16.7 Å². The molecule has 3 aromatic rings. The summed E-state index contributed by atoms with van der Waals surface area (Å²) in [5, 5.41) is 43.5. The van der Waals surface area contributed by atoms with Crippen molar-refractivity contribution in [3.05, 3.63) is 59.4 Å². The fourth-order valence-electron chi connectivity index (χ4n) is 5.29. The van der Waals surface area contributed by atoms with E-state index >= 15 is 0 Å². The number of phenols is 3. The summed E-state index contributed by atoms with van der Waals surface area (Å²) in [6.45, 7) is 7.61. The van der Waals surface area contributed by atoms with Gasteiger partial charge >= 0.3 is 11.9 Å². The number of aryl methyl sites for hydroxylation is 1. The molecule has 0 spiro atoms. The van der Waals surface area contributed by atoms with Crippen LogP contribution in [0.4, 0.5) is 0 Å². The average molecular weight is 656 g/mol. The number of β-lactam (4-membered cyclic amide) rings is 1. The van der Waals surface area contributed by atoms with E-state index in [-0.39, 0.29) is 17.0 Å². The number of hydrogen-bond donors (Lipinski definition) is 5. The molecular weight excluding hydrogens is 618 g/mol. The Bertz CT molecular complexity index is 1580. The third kappa shape index (κ3) is 7.06. The van der Waals surface area contributed by atoms with Crippen LogP contribution in [0.5, 0.6) is 17.2 Å². The number of hydrogen-bond acceptors (Lipinski definition) is 11. The molecule has 246 valence electrons. The number of esters is 1. The summed E-state index contributed by atoms with van der Waals surface area (Å²) in [7, 11) is 0. The van der Waals surface area contributed by atoms with Gasteiger partial charge in [-0.1, -0.05) is 61.7 Å². The Kier molecular flexibility index (Phi) is 10.5. The number of ether oxygens (including phenoxy) is 1. The van der Waals surface area contributed by atoms with Crippen molar-refractivity contribution in [2.75, 3.05) is 6.61 Å². The Balaban J connectivity index is 0.000000232. The van der Waals surface area contributed by atoms with Crippen molar-refractivity contribution in [3.8, 4) is 28.5 Å². The first-order valence-corrected chi connectivity index (χ1v) is 15.6. The second kappa shape index (κ2) is 14.1. The predicted molar refractivity (Wildman–Crippen MR) is 168 cm³/mol. The molecule has 0 radical (unpaired) electrons. The van der Waals surface area contributed by atoms with E-state index in [9.17, 15) is 34.5 Å². The normalized spacial score (nSPS) is 19.3. The molecule has 5 N–H and O–H groups in total. The van der Waals surface area contributed by atoms with Crippen LogP contribution in [0.3, 0.4) is 0 Å². The van der Waals surface area contributed by atoms with Crippen molar-refractivity contribution < 1.29 is 48.9 Å². The third-order valence-corrected chi connectivity index (χ3v) is 9.21. The minimum Gasteiger partial charge on any atom is -0.504 e. The standard InChI is InChI=1S/C19H19N3O5S.C13H18O5/c1-9-11(12(21-27-9)10-7-5-4-6-8-10)15(23)20-13-16(24)22-14(18(25)26)19(2,3)28-17(13)22;1-2-3-4-5-6-18-13(17)9-7-10(14)12(16)11(15)8-9/h4-8,13-14,17H,1-3H3,(H,20,23)(H,25,26);7-8,14-16H,2-6H2,1H3/t13-,14+,17-;/m1./s1. The number of amides is 2. The zero-order valence-corrected chi connectivity index (χ0v) is 26.7. The molecule has 14 heteroatoms. The maximum absolute atomic E-state index is 12.9. The summed E-state index contributed by atoms with van der Waals surface area (Å²) < 4.78 is 9.55. The summed E-state index contributed by atoms with van der Waals surface area (Å²) in [6, 6.07) is 9.57. The fraction of sp³-hybridized carbons (Fsp3) is 0.406. The summed E-state index contributed by atoms with van der Waals surface area (Å²) in [5.41, 5.74) is 1.42. The van der Waals surface area contributed by atoms with Gasteiger partial charge in [0.25, 0.3) is 5.91 Å². The van der Waals surface area contributed by atoms with Crippen molar-refractivity contribution >= 4 is 35.5 Å². The van der Waals surface area contributed by atoms with Crippen LogP contribution in [0.25, 0.3) is 11.3 Å². The van der Waals surface area contributed by atoms with Crippen LogP contribution in [0.15, 0.2) is 47.0 Å². The van der Waals surface area contributed by atoms with E-state index in [0.717, 1.165) is 43.4 Å². The number of carboxylic acids is 1. The van der Waals surface area contributed by atoms with Crippen LogP contribution in [-0.2, 0) is 14.3 Å². The lowest BCUT2D eigenvalue weighted by Gasteiger charge is -2.43. The second-order valence-corrected chi connectivity index (χ2v) is 13.2. The largest absolute Gasteiger partial charge is 0.504 e.